The Balaban J connectivity index is 5.04. The van der Waals surface area contributed by atoms with Crippen LogP contribution in [0, 0.1) is 0 Å². The van der Waals surface area contributed by atoms with E-state index >= 15 is 0 Å². The molecule has 0 saturated heterocycles. The predicted molar refractivity (Wildman–Crippen MR) is 94.5 cm³/mol. The van der Waals surface area contributed by atoms with Crippen molar-refractivity contribution in [2.45, 2.75) is 53.4 Å². The summed E-state index contributed by atoms with van der Waals surface area (Å²) >= 11 is -6.48. The van der Waals surface area contributed by atoms with E-state index in [1.807, 2.05) is 13.8 Å². The maximum atomic E-state index is 13.6. The van der Waals surface area contributed by atoms with Gasteiger partial charge in [0.05, 0.1) is 0 Å². The Bertz CT molecular complexity index is 404. The van der Waals surface area contributed by atoms with Crippen LogP contribution in [0.2, 0.25) is 0 Å². The van der Waals surface area contributed by atoms with E-state index in [-0.39, 0.29) is 39.5 Å². The van der Waals surface area contributed by atoms with Crippen LogP contribution in [-0.4, -0.2) is 73.1 Å². The van der Waals surface area contributed by atoms with Crippen molar-refractivity contribution < 1.29 is 55.1 Å². The van der Waals surface area contributed by atoms with Crippen LogP contribution in [0.25, 0.3) is 0 Å². The van der Waals surface area contributed by atoms with Crippen LogP contribution in [-0.2, 0) is 44.7 Å². The van der Waals surface area contributed by atoms with Crippen molar-refractivity contribution in [1.29, 1.82) is 0 Å². The quantitative estimate of drug-likeness (QED) is 0.148. The SMILES string of the molecule is CCCC[O][Zr](=[O])([O]CCCC)([O]OCCN(O)CC)[O]OCCN(O)CC. The van der Waals surface area contributed by atoms with Crippen molar-refractivity contribution in [1.82, 2.24) is 10.1 Å². The van der Waals surface area contributed by atoms with Gasteiger partial charge >= 0.3 is 171 Å². The average Bonchev–Trinajstić information content (AvgIpc) is 2.69. The molecule has 0 aromatic carbocycles. The zero-order chi connectivity index (χ0) is 21.3. The molecule has 12 heteroatoms. The number of rotatable bonds is 20. The first-order valence-electron chi connectivity index (χ1n) is 10.0. The number of hydrogen-bond acceptors (Lipinski definition) is 11. The summed E-state index contributed by atoms with van der Waals surface area (Å²) in [5.41, 5.74) is 0. The number of hydroxylamine groups is 4. The van der Waals surface area contributed by atoms with Gasteiger partial charge in [-0.05, 0) is 0 Å². The van der Waals surface area contributed by atoms with Crippen LogP contribution in [0.3, 0.4) is 0 Å². The van der Waals surface area contributed by atoms with Crippen molar-refractivity contribution in [3.05, 3.63) is 0 Å². The first-order chi connectivity index (χ1) is 13.3. The van der Waals surface area contributed by atoms with E-state index in [1.54, 1.807) is 13.8 Å². The Morgan fingerprint density at radius 3 is 1.43 bits per heavy atom. The fourth-order valence-corrected chi connectivity index (χ4v) is 6.25. The molecule has 0 aliphatic carbocycles. The van der Waals surface area contributed by atoms with Gasteiger partial charge in [-0.2, -0.15) is 0 Å². The number of likely N-dealkylation sites (N-methyl/N-ethyl adjacent to an activating group) is 2. The second-order valence-corrected chi connectivity index (χ2v) is 12.5. The number of nitrogens with zero attached hydrogens (tertiary/aromatic N) is 2. The fraction of sp³-hybridized carbons (Fsp3) is 1.00. The summed E-state index contributed by atoms with van der Waals surface area (Å²) < 4.78 is 34.7. The molecule has 0 aliphatic rings. The van der Waals surface area contributed by atoms with Gasteiger partial charge in [0.25, 0.3) is 0 Å². The van der Waals surface area contributed by atoms with Gasteiger partial charge in [0.1, 0.15) is 0 Å². The summed E-state index contributed by atoms with van der Waals surface area (Å²) in [6.45, 7) is 8.44. The molecule has 0 atom stereocenters. The van der Waals surface area contributed by atoms with E-state index in [0.717, 1.165) is 23.0 Å². The molecule has 0 bridgehead atoms. The Kier molecular flexibility index (Phi) is 16.2. The van der Waals surface area contributed by atoms with E-state index in [0.29, 0.717) is 25.9 Å². The Morgan fingerprint density at radius 1 is 0.714 bits per heavy atom. The molecule has 2 N–H and O–H groups in total. The molecule has 0 spiro atoms. The molecule has 0 unspecified atom stereocenters. The van der Waals surface area contributed by atoms with Gasteiger partial charge in [0, 0.05) is 0 Å². The van der Waals surface area contributed by atoms with E-state index < -0.39 is 20.5 Å². The van der Waals surface area contributed by atoms with Crippen molar-refractivity contribution in [3.8, 4) is 0 Å². The Morgan fingerprint density at radius 2 is 1.11 bits per heavy atom. The molecule has 0 fully saturated rings. The first-order valence-corrected chi connectivity index (χ1v) is 15.0. The summed E-state index contributed by atoms with van der Waals surface area (Å²) in [6.07, 6.45) is 2.81. The normalized spacial score (nSPS) is 13.0. The third-order valence-electron chi connectivity index (χ3n) is 3.66. The van der Waals surface area contributed by atoms with Gasteiger partial charge in [-0.1, -0.05) is 0 Å². The third kappa shape index (κ3) is 12.8. The zero-order valence-electron chi connectivity index (χ0n) is 17.6. The molecular formula is C16H38N2O9Zr. The second kappa shape index (κ2) is 16.0. The summed E-state index contributed by atoms with van der Waals surface area (Å²) in [5.74, 6) is 0. The Labute approximate surface area is 171 Å². The molecule has 0 radical (unpaired) electrons. The monoisotopic (exact) mass is 492 g/mol. The van der Waals surface area contributed by atoms with E-state index in [2.05, 4.69) is 0 Å². The summed E-state index contributed by atoms with van der Waals surface area (Å²) in [6, 6.07) is 0. The molecule has 0 aliphatic heterocycles. The summed E-state index contributed by atoms with van der Waals surface area (Å²) in [5, 5.41) is 20.9. The minimum atomic E-state index is -6.48. The van der Waals surface area contributed by atoms with Crippen molar-refractivity contribution >= 4 is 0 Å². The predicted octanol–water partition coefficient (Wildman–Crippen LogP) is 2.63. The van der Waals surface area contributed by atoms with Gasteiger partial charge in [0.15, 0.2) is 0 Å². The van der Waals surface area contributed by atoms with Gasteiger partial charge in [0.2, 0.25) is 0 Å². The molecule has 0 saturated carbocycles. The van der Waals surface area contributed by atoms with Gasteiger partial charge in [-0.15, -0.1) is 0 Å². The van der Waals surface area contributed by atoms with Crippen molar-refractivity contribution in [2.75, 3.05) is 52.6 Å². The van der Waals surface area contributed by atoms with Crippen LogP contribution < -0.4 is 0 Å². The van der Waals surface area contributed by atoms with Crippen molar-refractivity contribution in [3.63, 3.8) is 0 Å². The van der Waals surface area contributed by atoms with Crippen LogP contribution in [0.15, 0.2) is 0 Å². The zero-order valence-corrected chi connectivity index (χ0v) is 20.1. The Hall–Kier alpha value is 0.283. The van der Waals surface area contributed by atoms with Gasteiger partial charge in [-0.3, -0.25) is 0 Å². The fourth-order valence-electron chi connectivity index (χ4n) is 1.80. The molecule has 0 aromatic rings. The molecule has 0 heterocycles. The third-order valence-corrected chi connectivity index (χ3v) is 8.90. The van der Waals surface area contributed by atoms with Crippen LogP contribution >= 0.6 is 0 Å². The van der Waals surface area contributed by atoms with Crippen LogP contribution in [0.4, 0.5) is 0 Å². The topological polar surface area (TPSA) is 119 Å². The molecule has 0 rings (SSSR count). The van der Waals surface area contributed by atoms with E-state index in [1.165, 1.54) is 0 Å². The molecule has 170 valence electrons. The van der Waals surface area contributed by atoms with Gasteiger partial charge in [-0.25, -0.2) is 0 Å². The molecule has 28 heavy (non-hydrogen) atoms. The standard InChI is InChI=1S/2C4H11NO3.2C4H9O.O.Zr/c2*1-2-5(6)3-4-8-7;2*1-2-3-4-5;;/h2*6-7H,2-4H2,1H3;2*2-4H2,1H3;;/q;;2*-1;;+4/p-2. The number of hydrogen-bond donors (Lipinski definition) is 2. The van der Waals surface area contributed by atoms with Gasteiger partial charge < -0.3 is 0 Å². The number of unbranched alkanes of at least 4 members (excludes halogenated alkanes) is 2. The minimum absolute atomic E-state index is 0.0757. The summed E-state index contributed by atoms with van der Waals surface area (Å²) in [7, 11) is 0. The van der Waals surface area contributed by atoms with Crippen LogP contribution in [0.5, 0.6) is 0 Å². The van der Waals surface area contributed by atoms with Crippen molar-refractivity contribution in [2.24, 2.45) is 0 Å². The molecular weight excluding hydrogens is 455 g/mol. The average molecular weight is 494 g/mol. The molecule has 0 amide bonds. The molecule has 0 aromatic heterocycles. The van der Waals surface area contributed by atoms with Crippen LogP contribution in [0.1, 0.15) is 53.4 Å². The summed E-state index contributed by atoms with van der Waals surface area (Å²) in [4.78, 5) is 10.00. The second-order valence-electron chi connectivity index (χ2n) is 6.14. The van der Waals surface area contributed by atoms with E-state index in [4.69, 9.17) is 21.3 Å². The van der Waals surface area contributed by atoms with E-state index in [9.17, 15) is 13.2 Å². The maximum absolute atomic E-state index is 13.6. The first kappa shape index (κ1) is 28.3. The molecule has 11 nitrogen and oxygen atoms in total.